The first kappa shape index (κ1) is 16.2. The largest absolute Gasteiger partial charge is 0.467 e. The van der Waals surface area contributed by atoms with Gasteiger partial charge in [-0.3, -0.25) is 4.79 Å². The number of rotatable bonds is 4. The summed E-state index contributed by atoms with van der Waals surface area (Å²) in [5, 5.41) is 4.39. The number of nitrogens with zero attached hydrogens (tertiary/aromatic N) is 1. The first-order valence-electron chi connectivity index (χ1n) is 6.78. The van der Waals surface area contributed by atoms with E-state index in [0.717, 1.165) is 4.90 Å². The van der Waals surface area contributed by atoms with Crippen molar-refractivity contribution in [1.29, 1.82) is 0 Å². The first-order chi connectivity index (χ1) is 10.4. The molecule has 1 unspecified atom stereocenters. The molecule has 1 atom stereocenters. The second kappa shape index (κ2) is 6.71. The van der Waals surface area contributed by atoms with Gasteiger partial charge in [0.25, 0.3) is 0 Å². The Morgan fingerprint density at radius 2 is 2.14 bits per heavy atom. The third-order valence-electron chi connectivity index (χ3n) is 3.27. The summed E-state index contributed by atoms with van der Waals surface area (Å²) in [5.41, 5.74) is 0. The number of hydrogen-bond acceptors (Lipinski definition) is 3. The van der Waals surface area contributed by atoms with Crippen molar-refractivity contribution in [2.24, 2.45) is 0 Å². The quantitative estimate of drug-likeness (QED) is 0.886. The van der Waals surface area contributed by atoms with E-state index in [1.807, 2.05) is 0 Å². The highest BCUT2D eigenvalue weighted by atomic mass is 19.4. The van der Waals surface area contributed by atoms with Crippen molar-refractivity contribution in [2.45, 2.75) is 31.6 Å². The van der Waals surface area contributed by atoms with Crippen molar-refractivity contribution in [1.82, 2.24) is 15.5 Å². The van der Waals surface area contributed by atoms with Gasteiger partial charge in [0.15, 0.2) is 0 Å². The number of urea groups is 1. The molecule has 0 saturated carbocycles. The summed E-state index contributed by atoms with van der Waals surface area (Å²) < 4.78 is 41.4. The summed E-state index contributed by atoms with van der Waals surface area (Å²) in [6.45, 7) is -0.994. The average Bonchev–Trinajstić information content (AvgIpc) is 3.12. The van der Waals surface area contributed by atoms with E-state index in [0.29, 0.717) is 18.6 Å². The highest BCUT2D eigenvalue weighted by Crippen LogP contribution is 2.18. The number of alkyl halides is 3. The topological polar surface area (TPSA) is 74.6 Å². The zero-order valence-electron chi connectivity index (χ0n) is 11.7. The van der Waals surface area contributed by atoms with Gasteiger partial charge in [-0.1, -0.05) is 0 Å². The second-order valence-corrected chi connectivity index (χ2v) is 4.92. The molecule has 2 rings (SSSR count). The second-order valence-electron chi connectivity index (χ2n) is 4.92. The lowest BCUT2D eigenvalue weighted by molar-refractivity contribution is -0.125. The Labute approximate surface area is 124 Å². The molecule has 1 fully saturated rings. The molecule has 0 spiro atoms. The van der Waals surface area contributed by atoms with Gasteiger partial charge in [0.05, 0.1) is 12.8 Å². The standard InChI is InChI=1S/C13H16F3N3O3/c14-13(15,16)8-18-12(21)19-5-1-4-10(19)11(20)17-7-9-3-2-6-22-9/h2-3,6,10H,1,4-5,7-8H2,(H,17,20)(H,18,21). The first-order valence-corrected chi connectivity index (χ1v) is 6.78. The number of nitrogens with one attached hydrogen (secondary N) is 2. The fraction of sp³-hybridized carbons (Fsp3) is 0.538. The van der Waals surface area contributed by atoms with Crippen LogP contribution in [0.2, 0.25) is 0 Å². The van der Waals surface area contributed by atoms with Crippen LogP contribution in [0.4, 0.5) is 18.0 Å². The minimum Gasteiger partial charge on any atom is -0.467 e. The maximum atomic E-state index is 12.1. The Bertz CT molecular complexity index is 516. The van der Waals surface area contributed by atoms with Crippen LogP contribution in [-0.2, 0) is 11.3 Å². The third-order valence-corrected chi connectivity index (χ3v) is 3.27. The fourth-order valence-corrected chi connectivity index (χ4v) is 2.26. The molecule has 0 bridgehead atoms. The fourth-order valence-electron chi connectivity index (χ4n) is 2.26. The molecule has 1 aliphatic rings. The molecular formula is C13H16F3N3O3. The van der Waals surface area contributed by atoms with Crippen LogP contribution in [0.5, 0.6) is 0 Å². The molecule has 22 heavy (non-hydrogen) atoms. The molecule has 0 radical (unpaired) electrons. The van der Waals surface area contributed by atoms with Gasteiger partial charge in [-0.2, -0.15) is 13.2 Å². The number of amides is 3. The van der Waals surface area contributed by atoms with Crippen LogP contribution < -0.4 is 10.6 Å². The van der Waals surface area contributed by atoms with Crippen LogP contribution in [0.3, 0.4) is 0 Å². The molecule has 2 N–H and O–H groups in total. The van der Waals surface area contributed by atoms with Crippen molar-refractivity contribution in [3.05, 3.63) is 24.2 Å². The Morgan fingerprint density at radius 3 is 2.77 bits per heavy atom. The Morgan fingerprint density at radius 1 is 1.36 bits per heavy atom. The maximum Gasteiger partial charge on any atom is 0.405 e. The molecule has 122 valence electrons. The number of furan rings is 1. The minimum atomic E-state index is -4.48. The molecule has 2 heterocycles. The van der Waals surface area contributed by atoms with Crippen molar-refractivity contribution in [3.8, 4) is 0 Å². The minimum absolute atomic E-state index is 0.167. The molecule has 0 aliphatic carbocycles. The third kappa shape index (κ3) is 4.40. The van der Waals surface area contributed by atoms with Crippen LogP contribution >= 0.6 is 0 Å². The molecule has 6 nitrogen and oxygen atoms in total. The summed E-state index contributed by atoms with van der Waals surface area (Å²) in [5.74, 6) is 0.149. The molecule has 9 heteroatoms. The van der Waals surface area contributed by atoms with Crippen molar-refractivity contribution < 1.29 is 27.2 Å². The summed E-state index contributed by atoms with van der Waals surface area (Å²) in [6.07, 6.45) is -2.03. The lowest BCUT2D eigenvalue weighted by atomic mass is 10.2. The molecule has 1 aromatic rings. The molecule has 1 aliphatic heterocycles. The van der Waals surface area contributed by atoms with Crippen molar-refractivity contribution in [3.63, 3.8) is 0 Å². The van der Waals surface area contributed by atoms with E-state index < -0.39 is 30.7 Å². The highest BCUT2D eigenvalue weighted by molar-refractivity contribution is 5.87. The lowest BCUT2D eigenvalue weighted by Gasteiger charge is -2.24. The van der Waals surface area contributed by atoms with Crippen LogP contribution in [-0.4, -0.2) is 42.1 Å². The van der Waals surface area contributed by atoms with Crippen LogP contribution in [0, 0.1) is 0 Å². The molecular weight excluding hydrogens is 303 g/mol. The summed E-state index contributed by atoms with van der Waals surface area (Å²) in [6, 6.07) is 1.72. The maximum absolute atomic E-state index is 12.1. The van der Waals surface area contributed by atoms with Gasteiger partial charge in [0.1, 0.15) is 18.3 Å². The normalized spacial score (nSPS) is 18.3. The van der Waals surface area contributed by atoms with E-state index in [1.165, 1.54) is 6.26 Å². The monoisotopic (exact) mass is 319 g/mol. The van der Waals surface area contributed by atoms with Crippen LogP contribution in [0.15, 0.2) is 22.8 Å². The molecule has 1 saturated heterocycles. The summed E-state index contributed by atoms with van der Waals surface area (Å²) in [7, 11) is 0. The molecule has 0 aromatic carbocycles. The number of carbonyl (C=O) groups excluding carboxylic acids is 2. The Balaban J connectivity index is 1.86. The van der Waals surface area contributed by atoms with Gasteiger partial charge in [-0.15, -0.1) is 0 Å². The molecule has 3 amide bonds. The summed E-state index contributed by atoms with van der Waals surface area (Å²) in [4.78, 5) is 24.9. The average molecular weight is 319 g/mol. The van der Waals surface area contributed by atoms with E-state index in [9.17, 15) is 22.8 Å². The Hall–Kier alpha value is -2.19. The van der Waals surface area contributed by atoms with E-state index in [1.54, 1.807) is 17.4 Å². The smallest absolute Gasteiger partial charge is 0.405 e. The summed E-state index contributed by atoms with van der Waals surface area (Å²) >= 11 is 0. The van der Waals surface area contributed by atoms with Crippen LogP contribution in [0.25, 0.3) is 0 Å². The van der Waals surface area contributed by atoms with Gasteiger partial charge in [0, 0.05) is 6.54 Å². The van der Waals surface area contributed by atoms with E-state index >= 15 is 0 Å². The van der Waals surface area contributed by atoms with E-state index in [2.05, 4.69) is 5.32 Å². The van der Waals surface area contributed by atoms with Crippen molar-refractivity contribution >= 4 is 11.9 Å². The number of halogens is 3. The number of hydrogen-bond donors (Lipinski definition) is 2. The number of likely N-dealkylation sites (tertiary alicyclic amines) is 1. The van der Waals surface area contributed by atoms with Gasteiger partial charge in [0.2, 0.25) is 5.91 Å². The van der Waals surface area contributed by atoms with Gasteiger partial charge >= 0.3 is 12.2 Å². The highest BCUT2D eigenvalue weighted by Gasteiger charge is 2.36. The van der Waals surface area contributed by atoms with Gasteiger partial charge in [-0.05, 0) is 25.0 Å². The SMILES string of the molecule is O=C(NCc1ccco1)C1CCCN1C(=O)NCC(F)(F)F. The number of carbonyl (C=O) groups is 2. The Kier molecular flexibility index (Phi) is 4.94. The van der Waals surface area contributed by atoms with E-state index in [4.69, 9.17) is 4.42 Å². The predicted octanol–water partition coefficient (Wildman–Crippen LogP) is 1.63. The predicted molar refractivity (Wildman–Crippen MR) is 69.7 cm³/mol. The van der Waals surface area contributed by atoms with Gasteiger partial charge < -0.3 is 20.0 Å². The molecule has 1 aromatic heterocycles. The van der Waals surface area contributed by atoms with Crippen molar-refractivity contribution in [2.75, 3.05) is 13.1 Å². The zero-order chi connectivity index (χ0) is 16.2. The zero-order valence-corrected chi connectivity index (χ0v) is 11.7. The van der Waals surface area contributed by atoms with E-state index in [-0.39, 0.29) is 13.1 Å². The lowest BCUT2D eigenvalue weighted by Crippen LogP contribution is -2.50. The van der Waals surface area contributed by atoms with Crippen LogP contribution in [0.1, 0.15) is 18.6 Å². The van der Waals surface area contributed by atoms with Gasteiger partial charge in [-0.25, -0.2) is 4.79 Å².